The molecule has 0 aromatic heterocycles. The second-order valence-electron chi connectivity index (χ2n) is 15.3. The Balaban J connectivity index is 1.61. The minimum Gasteiger partial charge on any atom is -0.519 e. The predicted octanol–water partition coefficient (Wildman–Crippen LogP) is 6.89. The quantitative estimate of drug-likeness (QED) is 0.263. The Morgan fingerprint density at radius 3 is 2.19 bits per heavy atom. The summed E-state index contributed by atoms with van der Waals surface area (Å²) >= 11 is 0. The van der Waals surface area contributed by atoms with Crippen LogP contribution >= 0.6 is 0 Å². The zero-order valence-corrected chi connectivity index (χ0v) is 26.5. The summed E-state index contributed by atoms with van der Waals surface area (Å²) in [5.41, 5.74) is -0.347. The van der Waals surface area contributed by atoms with Crippen LogP contribution in [0.2, 0.25) is 36.3 Å². The van der Waals surface area contributed by atoms with Crippen LogP contribution in [0.1, 0.15) is 80.1 Å². The first kappa shape index (κ1) is 28.4. The van der Waals surface area contributed by atoms with Crippen LogP contribution in [0.5, 0.6) is 0 Å². The van der Waals surface area contributed by atoms with Crippen LogP contribution in [-0.2, 0) is 23.1 Å². The summed E-state index contributed by atoms with van der Waals surface area (Å²) in [5.74, 6) is 3.20. The molecular formula is C29H50O5Si2. The van der Waals surface area contributed by atoms with Gasteiger partial charge in [0.1, 0.15) is 18.5 Å². The number of hydrogen-bond acceptors (Lipinski definition) is 5. The molecule has 3 bridgehead atoms. The van der Waals surface area contributed by atoms with E-state index in [0.29, 0.717) is 19.3 Å². The molecule has 5 aliphatic carbocycles. The topological polar surface area (TPSA) is 54.0 Å². The van der Waals surface area contributed by atoms with Crippen LogP contribution < -0.4 is 0 Å². The van der Waals surface area contributed by atoms with Gasteiger partial charge in [0.05, 0.1) is 12.5 Å². The Labute approximate surface area is 222 Å². The maximum atomic E-state index is 14.0. The fourth-order valence-electron chi connectivity index (χ4n) is 7.23. The average molecular weight is 535 g/mol. The second-order valence-corrected chi connectivity index (χ2v) is 24.8. The van der Waals surface area contributed by atoms with Crippen molar-refractivity contribution >= 4 is 22.6 Å². The Morgan fingerprint density at radius 1 is 1.06 bits per heavy atom. The normalized spacial score (nSPS) is 36.9. The van der Waals surface area contributed by atoms with Gasteiger partial charge in [0.25, 0.3) is 14.3 Å². The van der Waals surface area contributed by atoms with Crippen molar-refractivity contribution in [2.24, 2.45) is 22.7 Å². The Hall–Kier alpha value is -0.656. The third kappa shape index (κ3) is 4.09. The van der Waals surface area contributed by atoms with Gasteiger partial charge in [0.15, 0.2) is 8.32 Å². The average Bonchev–Trinajstić information content (AvgIpc) is 3.27. The van der Waals surface area contributed by atoms with Gasteiger partial charge in [-0.2, -0.15) is 0 Å². The molecule has 36 heavy (non-hydrogen) atoms. The lowest BCUT2D eigenvalue weighted by molar-refractivity contribution is -0.340. The Kier molecular flexibility index (Phi) is 6.83. The van der Waals surface area contributed by atoms with E-state index in [1.165, 1.54) is 0 Å². The summed E-state index contributed by atoms with van der Waals surface area (Å²) in [6.07, 6.45) is 11.6. The molecule has 1 aliphatic heterocycles. The molecule has 6 fully saturated rings. The van der Waals surface area contributed by atoms with Crippen molar-refractivity contribution in [3.8, 4) is 12.3 Å². The van der Waals surface area contributed by atoms with Gasteiger partial charge >= 0.3 is 0 Å². The first-order chi connectivity index (χ1) is 16.4. The molecule has 0 N–H and O–H groups in total. The zero-order valence-electron chi connectivity index (χ0n) is 24.5. The summed E-state index contributed by atoms with van der Waals surface area (Å²) in [7, 11) is -4.23. The van der Waals surface area contributed by atoms with Crippen molar-refractivity contribution < 1.29 is 23.1 Å². The number of fused-ring (bicyclic) bond motifs is 1. The SMILES string of the molecule is C#CC(CCC12CCC3(CC1C(=O)O[Si](C)(C)C(C)(C)C)CC2C31COCO1)O[Si](C)(C)C(C)(C)C. The van der Waals surface area contributed by atoms with Gasteiger partial charge in [0.2, 0.25) is 0 Å². The van der Waals surface area contributed by atoms with Crippen molar-refractivity contribution in [3.05, 3.63) is 0 Å². The van der Waals surface area contributed by atoms with E-state index in [2.05, 4.69) is 73.7 Å². The lowest BCUT2D eigenvalue weighted by atomic mass is 9.28. The van der Waals surface area contributed by atoms with Crippen molar-refractivity contribution in [1.82, 2.24) is 0 Å². The maximum Gasteiger partial charge on any atom is 0.296 e. The zero-order chi connectivity index (χ0) is 27.0. The second kappa shape index (κ2) is 8.68. The molecule has 6 unspecified atom stereocenters. The number of carbonyl (C=O) groups excluding carboxylic acids is 1. The fraction of sp³-hybridized carbons (Fsp3) is 0.897. The van der Waals surface area contributed by atoms with Crippen LogP contribution in [0.3, 0.4) is 0 Å². The van der Waals surface area contributed by atoms with Crippen molar-refractivity contribution in [3.63, 3.8) is 0 Å². The first-order valence-corrected chi connectivity index (χ1v) is 19.8. The molecule has 6 rings (SSSR count). The van der Waals surface area contributed by atoms with Gasteiger partial charge < -0.3 is 18.3 Å². The molecular weight excluding hydrogens is 484 g/mol. The summed E-state index contributed by atoms with van der Waals surface area (Å²) in [5, 5.41) is 0.0815. The maximum absolute atomic E-state index is 14.0. The van der Waals surface area contributed by atoms with Crippen LogP contribution in [0.25, 0.3) is 0 Å². The highest BCUT2D eigenvalue weighted by Crippen LogP contribution is 2.80. The Morgan fingerprint density at radius 2 is 1.69 bits per heavy atom. The molecule has 1 heterocycles. The minimum absolute atomic E-state index is 0.0140. The van der Waals surface area contributed by atoms with Crippen LogP contribution in [0, 0.1) is 35.0 Å². The lowest BCUT2D eigenvalue weighted by Crippen LogP contribution is -2.79. The third-order valence-electron chi connectivity index (χ3n) is 11.6. The van der Waals surface area contributed by atoms with E-state index in [1.807, 2.05) is 0 Å². The number of carbonyl (C=O) groups is 1. The van der Waals surface area contributed by atoms with Gasteiger partial charge in [-0.3, -0.25) is 4.79 Å². The van der Waals surface area contributed by atoms with E-state index < -0.39 is 16.6 Å². The minimum atomic E-state index is -2.22. The van der Waals surface area contributed by atoms with Gasteiger partial charge in [0, 0.05) is 5.41 Å². The van der Waals surface area contributed by atoms with E-state index in [1.54, 1.807) is 0 Å². The van der Waals surface area contributed by atoms with Crippen LogP contribution in [0.4, 0.5) is 0 Å². The standard InChI is InChI=1S/C29H50O5Si2/c1-12-21(33-35(8,9)25(2,3)4)13-14-28-16-15-27(18-23(28)29(27)19-31-20-32-29)17-22(28)24(30)34-36(10,11)26(5,6)7/h1,21-23H,13-20H2,2-11H3. The molecule has 6 aliphatic rings. The molecule has 5 nitrogen and oxygen atoms in total. The highest BCUT2D eigenvalue weighted by Gasteiger charge is 2.81. The first-order valence-electron chi connectivity index (χ1n) is 14.0. The third-order valence-corrected chi connectivity index (χ3v) is 20.4. The van der Waals surface area contributed by atoms with Crippen LogP contribution in [0.15, 0.2) is 0 Å². The number of hydrogen-bond donors (Lipinski definition) is 0. The molecule has 7 heteroatoms. The number of rotatable bonds is 7. The highest BCUT2D eigenvalue weighted by atomic mass is 28.4. The summed E-state index contributed by atoms with van der Waals surface area (Å²) in [6.45, 7) is 23.2. The van der Waals surface area contributed by atoms with Gasteiger partial charge in [-0.1, -0.05) is 47.5 Å². The molecule has 0 radical (unpaired) electrons. The van der Waals surface area contributed by atoms with E-state index in [4.69, 9.17) is 24.7 Å². The summed E-state index contributed by atoms with van der Waals surface area (Å²) in [6, 6.07) is 0. The number of terminal acetylenes is 1. The lowest BCUT2D eigenvalue weighted by Gasteiger charge is -2.77. The fourth-order valence-corrected chi connectivity index (χ4v) is 9.43. The van der Waals surface area contributed by atoms with E-state index in [0.717, 1.165) is 38.5 Å². The van der Waals surface area contributed by atoms with Crippen molar-refractivity contribution in [2.75, 3.05) is 13.4 Å². The van der Waals surface area contributed by atoms with Gasteiger partial charge in [-0.25, -0.2) is 0 Å². The van der Waals surface area contributed by atoms with E-state index >= 15 is 0 Å². The van der Waals surface area contributed by atoms with Crippen molar-refractivity contribution in [2.45, 2.75) is 128 Å². The largest absolute Gasteiger partial charge is 0.519 e. The molecule has 0 aromatic carbocycles. The molecule has 0 aromatic rings. The molecule has 1 saturated heterocycles. The predicted molar refractivity (Wildman–Crippen MR) is 148 cm³/mol. The molecule has 5 saturated carbocycles. The van der Waals surface area contributed by atoms with Gasteiger partial charge in [-0.05, 0) is 86.1 Å². The smallest absolute Gasteiger partial charge is 0.296 e. The summed E-state index contributed by atoms with van der Waals surface area (Å²) in [4.78, 5) is 14.0. The Bertz CT molecular complexity index is 913. The van der Waals surface area contributed by atoms with E-state index in [-0.39, 0.29) is 44.5 Å². The molecule has 0 amide bonds. The summed E-state index contributed by atoms with van der Waals surface area (Å²) < 4.78 is 25.3. The number of ether oxygens (including phenoxy) is 2. The van der Waals surface area contributed by atoms with Crippen LogP contribution in [-0.4, -0.2) is 47.7 Å². The highest BCUT2D eigenvalue weighted by molar-refractivity contribution is 6.75. The molecule has 2 spiro atoms. The monoisotopic (exact) mass is 534 g/mol. The molecule has 6 atom stereocenters. The van der Waals surface area contributed by atoms with E-state index in [9.17, 15) is 4.79 Å². The van der Waals surface area contributed by atoms with Gasteiger partial charge in [-0.15, -0.1) is 6.42 Å². The van der Waals surface area contributed by atoms with Crippen molar-refractivity contribution in [1.29, 1.82) is 0 Å². The molecule has 204 valence electrons.